The fourth-order valence-corrected chi connectivity index (χ4v) is 7.80. The van der Waals surface area contributed by atoms with Crippen LogP contribution in [-0.2, 0) is 16.6 Å². The van der Waals surface area contributed by atoms with Gasteiger partial charge in [-0.05, 0) is 80.6 Å². The molecule has 1 saturated heterocycles. The maximum Gasteiger partial charge on any atom is 0.260 e. The molecule has 1 unspecified atom stereocenters. The summed E-state index contributed by atoms with van der Waals surface area (Å²) in [4.78, 5) is 20.6. The minimum absolute atomic E-state index is 0.0208. The summed E-state index contributed by atoms with van der Waals surface area (Å²) >= 11 is 1.49. The molecule has 8 heteroatoms. The third kappa shape index (κ3) is 5.19. The van der Waals surface area contributed by atoms with Crippen LogP contribution in [0.5, 0.6) is 0 Å². The highest BCUT2D eigenvalue weighted by Crippen LogP contribution is 2.33. The highest BCUT2D eigenvalue weighted by atomic mass is 32.2. The number of amides is 1. The van der Waals surface area contributed by atoms with Gasteiger partial charge in [-0.1, -0.05) is 54.2 Å². The van der Waals surface area contributed by atoms with Crippen LogP contribution in [0, 0.1) is 13.8 Å². The van der Waals surface area contributed by atoms with E-state index in [1.807, 2.05) is 44.2 Å². The summed E-state index contributed by atoms with van der Waals surface area (Å²) in [6, 6.07) is 20.3. The number of fused-ring (bicyclic) bond motifs is 1. The van der Waals surface area contributed by atoms with Gasteiger partial charge in [0.15, 0.2) is 5.13 Å². The van der Waals surface area contributed by atoms with Crippen molar-refractivity contribution in [3.63, 3.8) is 0 Å². The Bertz CT molecular complexity index is 1530. The van der Waals surface area contributed by atoms with Gasteiger partial charge in [-0.3, -0.25) is 9.69 Å². The van der Waals surface area contributed by atoms with Crippen LogP contribution in [0.2, 0.25) is 0 Å². The molecule has 0 aliphatic carbocycles. The molecule has 0 spiro atoms. The van der Waals surface area contributed by atoms with Crippen LogP contribution in [0.3, 0.4) is 0 Å². The zero-order valence-corrected chi connectivity index (χ0v) is 23.0. The second kappa shape index (κ2) is 10.4. The first-order chi connectivity index (χ1) is 17.7. The molecule has 3 aromatic carbocycles. The lowest BCUT2D eigenvalue weighted by Crippen LogP contribution is -2.41. The van der Waals surface area contributed by atoms with E-state index in [1.54, 1.807) is 33.5 Å². The Hall–Kier alpha value is -3.07. The fraction of sp³-hybridized carbons (Fsp3) is 0.310. The molecule has 1 fully saturated rings. The zero-order chi connectivity index (χ0) is 26.2. The molecular weight excluding hydrogens is 502 g/mol. The molecule has 0 N–H and O–H groups in total. The number of hydrogen-bond donors (Lipinski definition) is 0. The number of carbonyl (C=O) groups is 1. The van der Waals surface area contributed by atoms with Gasteiger partial charge in [-0.15, -0.1) is 0 Å². The Balaban J connectivity index is 1.49. The first kappa shape index (κ1) is 25.6. The number of hydrogen-bond acceptors (Lipinski definition) is 5. The predicted molar refractivity (Wildman–Crippen MR) is 150 cm³/mol. The van der Waals surface area contributed by atoms with Crippen molar-refractivity contribution >= 4 is 42.6 Å². The van der Waals surface area contributed by atoms with E-state index in [0.29, 0.717) is 23.8 Å². The van der Waals surface area contributed by atoms with Crippen LogP contribution < -0.4 is 4.90 Å². The maximum absolute atomic E-state index is 13.8. The molecule has 0 saturated carbocycles. The van der Waals surface area contributed by atoms with E-state index in [9.17, 15) is 13.2 Å². The Morgan fingerprint density at radius 1 is 1.05 bits per heavy atom. The van der Waals surface area contributed by atoms with Crippen molar-refractivity contribution in [2.75, 3.05) is 11.4 Å². The molecule has 4 aromatic rings. The fourth-order valence-electron chi connectivity index (χ4n) is 4.96. The average Bonchev–Trinajstić information content (AvgIpc) is 3.32. The summed E-state index contributed by atoms with van der Waals surface area (Å²) in [5.74, 6) is -0.215. The van der Waals surface area contributed by atoms with Crippen LogP contribution in [0.25, 0.3) is 10.2 Å². The van der Waals surface area contributed by atoms with E-state index < -0.39 is 10.0 Å². The Morgan fingerprint density at radius 2 is 1.78 bits per heavy atom. The summed E-state index contributed by atoms with van der Waals surface area (Å²) in [6.45, 7) is 6.94. The molecule has 0 radical (unpaired) electrons. The summed E-state index contributed by atoms with van der Waals surface area (Å²) in [5.41, 5.74) is 4.54. The van der Waals surface area contributed by atoms with Gasteiger partial charge in [0.1, 0.15) is 0 Å². The molecule has 1 amide bonds. The summed E-state index contributed by atoms with van der Waals surface area (Å²) in [7, 11) is -3.60. The molecule has 2 heterocycles. The highest BCUT2D eigenvalue weighted by Gasteiger charge is 2.31. The normalized spacial score (nSPS) is 16.7. The molecule has 5 rings (SSSR count). The number of sulfonamides is 1. The second-order valence-corrected chi connectivity index (χ2v) is 12.7. The molecule has 1 aromatic heterocycles. The monoisotopic (exact) mass is 533 g/mol. The lowest BCUT2D eigenvalue weighted by Gasteiger charge is -2.32. The van der Waals surface area contributed by atoms with Gasteiger partial charge in [-0.25, -0.2) is 13.4 Å². The van der Waals surface area contributed by atoms with Crippen LogP contribution in [0.4, 0.5) is 5.13 Å². The van der Waals surface area contributed by atoms with Gasteiger partial charge in [-0.2, -0.15) is 4.31 Å². The van der Waals surface area contributed by atoms with Gasteiger partial charge in [0.25, 0.3) is 5.91 Å². The molecule has 1 aliphatic heterocycles. The molecule has 1 atom stereocenters. The third-order valence-electron chi connectivity index (χ3n) is 6.93. The van der Waals surface area contributed by atoms with Gasteiger partial charge < -0.3 is 0 Å². The number of aryl methyl sites for hydroxylation is 2. The second-order valence-electron chi connectivity index (χ2n) is 9.79. The van der Waals surface area contributed by atoms with Gasteiger partial charge >= 0.3 is 0 Å². The number of anilines is 1. The van der Waals surface area contributed by atoms with Crippen LogP contribution in [0.15, 0.2) is 71.6 Å². The number of benzene rings is 3. The molecule has 1 aliphatic rings. The Labute approximate surface area is 222 Å². The maximum atomic E-state index is 13.8. The van der Waals surface area contributed by atoms with Crippen LogP contribution in [0.1, 0.15) is 53.2 Å². The number of rotatable bonds is 6. The van der Waals surface area contributed by atoms with Crippen molar-refractivity contribution in [1.29, 1.82) is 0 Å². The third-order valence-corrected chi connectivity index (χ3v) is 9.98. The predicted octanol–water partition coefficient (Wildman–Crippen LogP) is 6.32. The molecule has 192 valence electrons. The molecule has 6 nitrogen and oxygen atoms in total. The average molecular weight is 534 g/mol. The van der Waals surface area contributed by atoms with E-state index in [4.69, 9.17) is 4.98 Å². The van der Waals surface area contributed by atoms with E-state index in [1.165, 1.54) is 11.3 Å². The van der Waals surface area contributed by atoms with E-state index in [0.717, 1.165) is 46.2 Å². The first-order valence-corrected chi connectivity index (χ1v) is 14.8. The lowest BCUT2D eigenvalue weighted by atomic mass is 10.1. The quantitative estimate of drug-likeness (QED) is 0.291. The van der Waals surface area contributed by atoms with Gasteiger partial charge in [0, 0.05) is 18.2 Å². The van der Waals surface area contributed by atoms with Crippen molar-refractivity contribution < 1.29 is 13.2 Å². The lowest BCUT2D eigenvalue weighted by molar-refractivity contribution is 0.0985. The van der Waals surface area contributed by atoms with Gasteiger partial charge in [0.2, 0.25) is 10.0 Å². The van der Waals surface area contributed by atoms with E-state index in [2.05, 4.69) is 19.1 Å². The zero-order valence-electron chi connectivity index (χ0n) is 21.3. The minimum atomic E-state index is -3.60. The topological polar surface area (TPSA) is 70.6 Å². The molecule has 37 heavy (non-hydrogen) atoms. The van der Waals surface area contributed by atoms with Crippen LogP contribution >= 0.6 is 11.3 Å². The Kier molecular flexibility index (Phi) is 7.16. The standard InChI is InChI=1S/C29H31N3O3S2/c1-20-17-21(2)27-26(18-20)36-29(30-27)31(19-23-10-5-4-6-11-23)28(33)24-12-14-25(15-13-24)37(34,35)32-16-8-7-9-22(32)3/h4-6,10-15,17-18,22H,7-9,16,19H2,1-3H3. The van der Waals surface area contributed by atoms with Crippen LogP contribution in [-0.4, -0.2) is 36.2 Å². The smallest absolute Gasteiger partial charge is 0.260 e. The number of thiazole rings is 1. The van der Waals surface area contributed by atoms with Gasteiger partial charge in [0.05, 0.1) is 21.7 Å². The molecular formula is C29H31N3O3S2. The summed E-state index contributed by atoms with van der Waals surface area (Å²) in [6.07, 6.45) is 2.78. The van der Waals surface area contributed by atoms with Crippen molar-refractivity contribution in [2.24, 2.45) is 0 Å². The number of piperidine rings is 1. The Morgan fingerprint density at radius 3 is 2.49 bits per heavy atom. The van der Waals surface area contributed by atoms with Crippen molar-refractivity contribution in [3.8, 4) is 0 Å². The van der Waals surface area contributed by atoms with Crippen molar-refractivity contribution in [1.82, 2.24) is 9.29 Å². The largest absolute Gasteiger partial charge is 0.279 e. The number of aromatic nitrogens is 1. The van der Waals surface area contributed by atoms with Crippen molar-refractivity contribution in [3.05, 3.63) is 89.0 Å². The number of nitrogens with zero attached hydrogens (tertiary/aromatic N) is 3. The minimum Gasteiger partial charge on any atom is -0.279 e. The van der Waals surface area contributed by atoms with Crippen molar-refractivity contribution in [2.45, 2.75) is 57.5 Å². The number of carbonyl (C=O) groups excluding carboxylic acids is 1. The van der Waals surface area contributed by atoms with E-state index in [-0.39, 0.29) is 16.8 Å². The first-order valence-electron chi connectivity index (χ1n) is 12.6. The summed E-state index contributed by atoms with van der Waals surface area (Å²) in [5, 5.41) is 0.622. The SMILES string of the molecule is Cc1cc(C)c2nc(N(Cc3ccccc3)C(=O)c3ccc(S(=O)(=O)N4CCCCC4C)cc3)sc2c1. The molecule has 0 bridgehead atoms. The highest BCUT2D eigenvalue weighted by molar-refractivity contribution is 7.89. The summed E-state index contributed by atoms with van der Waals surface area (Å²) < 4.78 is 29.1. The van der Waals surface area contributed by atoms with E-state index >= 15 is 0 Å².